The molecule has 2 aromatic rings. The summed E-state index contributed by atoms with van der Waals surface area (Å²) >= 11 is 0. The molecule has 1 aliphatic heterocycles. The van der Waals surface area contributed by atoms with Crippen LogP contribution in [0.2, 0.25) is 0 Å². The number of benzene rings is 1. The van der Waals surface area contributed by atoms with Crippen LogP contribution in [0.15, 0.2) is 12.1 Å². The van der Waals surface area contributed by atoms with Gasteiger partial charge in [0.2, 0.25) is 0 Å². The lowest BCUT2D eigenvalue weighted by Gasteiger charge is -2.19. The third kappa shape index (κ3) is 2.99. The van der Waals surface area contributed by atoms with Crippen LogP contribution in [0, 0.1) is 0 Å². The van der Waals surface area contributed by atoms with Crippen molar-refractivity contribution >= 4 is 16.6 Å². The third-order valence-corrected chi connectivity index (χ3v) is 5.21. The number of hydrogen-bond donors (Lipinski definition) is 2. The second kappa shape index (κ2) is 6.67. The van der Waals surface area contributed by atoms with Crippen molar-refractivity contribution in [2.75, 3.05) is 32.6 Å². The summed E-state index contributed by atoms with van der Waals surface area (Å²) in [4.78, 5) is 4.84. The zero-order valence-electron chi connectivity index (χ0n) is 14.7. The lowest BCUT2D eigenvalue weighted by molar-refractivity contribution is 0.355. The first kappa shape index (κ1) is 16.4. The van der Waals surface area contributed by atoms with E-state index < -0.39 is 6.17 Å². The molecule has 0 saturated carbocycles. The van der Waals surface area contributed by atoms with Crippen LogP contribution in [0.3, 0.4) is 0 Å². The molecule has 0 unspecified atom stereocenters. The first-order chi connectivity index (χ1) is 12.2. The smallest absolute Gasteiger partial charge is 0.162 e. The number of nitrogens with zero attached hydrogens (tertiary/aromatic N) is 1. The minimum absolute atomic E-state index is 0.162. The van der Waals surface area contributed by atoms with Gasteiger partial charge in [-0.1, -0.05) is 0 Å². The average molecular weight is 345 g/mol. The number of aryl methyl sites for hydroxylation is 1. The van der Waals surface area contributed by atoms with Crippen LogP contribution in [0.25, 0.3) is 10.9 Å². The molecule has 2 aliphatic rings. The van der Waals surface area contributed by atoms with Gasteiger partial charge in [0.05, 0.1) is 19.7 Å². The molecule has 0 radical (unpaired) electrons. The molecule has 2 N–H and O–H groups in total. The Hall–Kier alpha value is -2.08. The molecule has 1 aromatic heterocycles. The van der Waals surface area contributed by atoms with E-state index in [2.05, 4.69) is 10.6 Å². The molecule has 6 heteroatoms. The fourth-order valence-corrected chi connectivity index (χ4v) is 3.94. The molecule has 0 bridgehead atoms. The molecule has 0 spiro atoms. The second-order valence-electron chi connectivity index (χ2n) is 6.81. The van der Waals surface area contributed by atoms with Gasteiger partial charge in [0.1, 0.15) is 6.17 Å². The van der Waals surface area contributed by atoms with Gasteiger partial charge in [-0.3, -0.25) is 4.98 Å². The van der Waals surface area contributed by atoms with Crippen LogP contribution in [-0.4, -0.2) is 44.5 Å². The molecule has 4 rings (SSSR count). The van der Waals surface area contributed by atoms with E-state index in [9.17, 15) is 4.39 Å². The first-order valence-electron chi connectivity index (χ1n) is 8.88. The van der Waals surface area contributed by atoms with Crippen molar-refractivity contribution in [2.24, 2.45) is 0 Å². The minimum Gasteiger partial charge on any atom is -0.493 e. The Labute approximate surface area is 146 Å². The van der Waals surface area contributed by atoms with Crippen molar-refractivity contribution in [3.05, 3.63) is 23.4 Å². The number of hydrogen-bond acceptors (Lipinski definition) is 5. The predicted octanol–water partition coefficient (Wildman–Crippen LogP) is 2.85. The first-order valence-corrected chi connectivity index (χ1v) is 8.88. The molecule has 2 atom stereocenters. The summed E-state index contributed by atoms with van der Waals surface area (Å²) in [5.74, 6) is 1.38. The highest BCUT2D eigenvalue weighted by molar-refractivity contribution is 5.96. The summed E-state index contributed by atoms with van der Waals surface area (Å²) in [6, 6.07) is 4.08. The molecular weight excluding hydrogens is 321 g/mol. The maximum Gasteiger partial charge on any atom is 0.162 e. The fraction of sp³-hybridized carbons (Fsp3) is 0.526. The number of nitrogens with one attached hydrogen (secondary N) is 2. The van der Waals surface area contributed by atoms with Crippen LogP contribution in [0.1, 0.15) is 24.1 Å². The Morgan fingerprint density at radius 2 is 2.04 bits per heavy atom. The highest BCUT2D eigenvalue weighted by Crippen LogP contribution is 2.39. The van der Waals surface area contributed by atoms with Gasteiger partial charge in [-0.2, -0.15) is 0 Å². The van der Waals surface area contributed by atoms with Crippen LogP contribution in [-0.2, 0) is 12.8 Å². The number of aromatic nitrogens is 1. The van der Waals surface area contributed by atoms with Gasteiger partial charge in [-0.15, -0.1) is 0 Å². The standard InChI is InChI=1S/C19H24FN3O2/c1-24-17-7-14-16(8-18(17)25-2)23-15-5-3-4-13(15)19(14)22-10-12-6-11(20)9-21-12/h7-8,11-12,21H,3-6,9-10H2,1-2H3,(H,22,23)/t11-,12-/m0/s1. The van der Waals surface area contributed by atoms with E-state index >= 15 is 0 Å². The normalized spacial score (nSPS) is 22.2. The largest absolute Gasteiger partial charge is 0.493 e. The Morgan fingerprint density at radius 3 is 2.76 bits per heavy atom. The SMILES string of the molecule is COc1cc2nc3c(c(NC[C@@H]4C[C@H](F)CN4)c2cc1OC)CCC3. The van der Waals surface area contributed by atoms with Crippen LogP contribution >= 0.6 is 0 Å². The number of fused-ring (bicyclic) bond motifs is 2. The van der Waals surface area contributed by atoms with Crippen molar-refractivity contribution in [2.45, 2.75) is 37.9 Å². The Bertz CT molecular complexity index is 796. The molecule has 25 heavy (non-hydrogen) atoms. The monoisotopic (exact) mass is 345 g/mol. The number of methoxy groups -OCH3 is 2. The van der Waals surface area contributed by atoms with Crippen molar-refractivity contribution in [1.82, 2.24) is 10.3 Å². The van der Waals surface area contributed by atoms with Gasteiger partial charge >= 0.3 is 0 Å². The van der Waals surface area contributed by atoms with Crippen molar-refractivity contribution in [3.8, 4) is 11.5 Å². The topological polar surface area (TPSA) is 55.4 Å². The molecule has 1 aliphatic carbocycles. The molecule has 1 aromatic carbocycles. The zero-order valence-corrected chi connectivity index (χ0v) is 14.7. The number of anilines is 1. The number of ether oxygens (including phenoxy) is 2. The third-order valence-electron chi connectivity index (χ3n) is 5.21. The number of rotatable bonds is 5. The summed E-state index contributed by atoms with van der Waals surface area (Å²) < 4.78 is 24.3. The van der Waals surface area contributed by atoms with Gasteiger partial charge in [0.15, 0.2) is 11.5 Å². The van der Waals surface area contributed by atoms with E-state index in [1.165, 1.54) is 5.56 Å². The maximum atomic E-state index is 13.4. The van der Waals surface area contributed by atoms with Gasteiger partial charge in [0, 0.05) is 42.0 Å². The summed E-state index contributed by atoms with van der Waals surface area (Å²) in [6.07, 6.45) is 2.98. The van der Waals surface area contributed by atoms with E-state index in [1.807, 2.05) is 12.1 Å². The van der Waals surface area contributed by atoms with E-state index in [0.717, 1.165) is 41.5 Å². The van der Waals surface area contributed by atoms with E-state index in [4.69, 9.17) is 14.5 Å². The van der Waals surface area contributed by atoms with Crippen LogP contribution < -0.4 is 20.1 Å². The van der Waals surface area contributed by atoms with Crippen molar-refractivity contribution in [3.63, 3.8) is 0 Å². The molecule has 1 fully saturated rings. The summed E-state index contributed by atoms with van der Waals surface area (Å²) in [5, 5.41) is 7.84. The van der Waals surface area contributed by atoms with Gasteiger partial charge < -0.3 is 20.1 Å². The zero-order chi connectivity index (χ0) is 17.4. The lowest BCUT2D eigenvalue weighted by Crippen LogP contribution is -2.29. The van der Waals surface area contributed by atoms with Crippen LogP contribution in [0.5, 0.6) is 11.5 Å². The Kier molecular flexibility index (Phi) is 4.37. The quantitative estimate of drug-likeness (QED) is 0.873. The summed E-state index contributed by atoms with van der Waals surface area (Å²) in [7, 11) is 3.27. The minimum atomic E-state index is -0.740. The Morgan fingerprint density at radius 1 is 1.24 bits per heavy atom. The second-order valence-corrected chi connectivity index (χ2v) is 6.81. The van der Waals surface area contributed by atoms with E-state index in [1.54, 1.807) is 14.2 Å². The Balaban J connectivity index is 1.74. The average Bonchev–Trinajstić information content (AvgIpc) is 3.25. The van der Waals surface area contributed by atoms with Crippen molar-refractivity contribution < 1.29 is 13.9 Å². The van der Waals surface area contributed by atoms with Crippen molar-refractivity contribution in [1.29, 1.82) is 0 Å². The highest BCUT2D eigenvalue weighted by Gasteiger charge is 2.25. The summed E-state index contributed by atoms with van der Waals surface area (Å²) in [6.45, 7) is 1.16. The van der Waals surface area contributed by atoms with E-state index in [-0.39, 0.29) is 6.04 Å². The molecular formula is C19H24FN3O2. The van der Waals surface area contributed by atoms with Gasteiger partial charge in [-0.25, -0.2) is 4.39 Å². The van der Waals surface area contributed by atoms with Crippen LogP contribution in [0.4, 0.5) is 10.1 Å². The molecule has 134 valence electrons. The molecule has 0 amide bonds. The fourth-order valence-electron chi connectivity index (χ4n) is 3.94. The van der Waals surface area contributed by atoms with Gasteiger partial charge in [-0.05, 0) is 37.3 Å². The molecule has 2 heterocycles. The molecule has 1 saturated heterocycles. The number of alkyl halides is 1. The number of pyridine rings is 1. The lowest BCUT2D eigenvalue weighted by atomic mass is 10.1. The van der Waals surface area contributed by atoms with E-state index in [0.29, 0.717) is 31.0 Å². The van der Waals surface area contributed by atoms with Gasteiger partial charge in [0.25, 0.3) is 0 Å². The summed E-state index contributed by atoms with van der Waals surface area (Å²) in [5.41, 5.74) is 4.46. The molecule has 5 nitrogen and oxygen atoms in total. The highest BCUT2D eigenvalue weighted by atomic mass is 19.1. The number of halogens is 1. The predicted molar refractivity (Wildman–Crippen MR) is 96.7 cm³/mol. The maximum absolute atomic E-state index is 13.4.